The van der Waals surface area contributed by atoms with Gasteiger partial charge in [-0.1, -0.05) is 0 Å². The molecule has 0 spiro atoms. The van der Waals surface area contributed by atoms with Gasteiger partial charge >= 0.3 is 0 Å². The fourth-order valence-corrected chi connectivity index (χ4v) is 2.09. The molecule has 0 fully saturated rings. The SMILES string of the molecule is Nc1c(C=O)c(F)cc2ccsc12. The Bertz CT molecular complexity index is 478. The number of benzene rings is 1. The summed E-state index contributed by atoms with van der Waals surface area (Å²) in [5.41, 5.74) is 5.80. The van der Waals surface area contributed by atoms with Crippen molar-refractivity contribution in [2.24, 2.45) is 0 Å². The lowest BCUT2D eigenvalue weighted by molar-refractivity contribution is 0.112. The van der Waals surface area contributed by atoms with Gasteiger partial charge < -0.3 is 5.73 Å². The molecule has 4 heteroatoms. The van der Waals surface area contributed by atoms with Gasteiger partial charge in [0.1, 0.15) is 5.82 Å². The summed E-state index contributed by atoms with van der Waals surface area (Å²) in [6, 6.07) is 3.10. The van der Waals surface area contributed by atoms with Gasteiger partial charge in [-0.25, -0.2) is 4.39 Å². The van der Waals surface area contributed by atoms with Crippen molar-refractivity contribution in [2.45, 2.75) is 0 Å². The van der Waals surface area contributed by atoms with E-state index in [4.69, 9.17) is 5.73 Å². The Morgan fingerprint density at radius 1 is 1.54 bits per heavy atom. The van der Waals surface area contributed by atoms with E-state index in [1.807, 2.05) is 5.38 Å². The highest BCUT2D eigenvalue weighted by Gasteiger charge is 2.10. The quantitative estimate of drug-likeness (QED) is 0.561. The number of nitrogen functional groups attached to an aromatic ring is 1. The van der Waals surface area contributed by atoms with Crippen LogP contribution in [0, 0.1) is 5.82 Å². The minimum absolute atomic E-state index is 0.0463. The summed E-state index contributed by atoms with van der Waals surface area (Å²) >= 11 is 1.40. The van der Waals surface area contributed by atoms with E-state index in [-0.39, 0.29) is 11.3 Å². The Hall–Kier alpha value is -1.42. The molecular formula is C9H6FNOS. The first-order chi connectivity index (χ1) is 6.24. The van der Waals surface area contributed by atoms with Crippen LogP contribution in [0.2, 0.25) is 0 Å². The van der Waals surface area contributed by atoms with Gasteiger partial charge in [0.15, 0.2) is 6.29 Å². The Labute approximate surface area is 77.8 Å². The predicted octanol–water partition coefficient (Wildman–Crippen LogP) is 2.44. The first kappa shape index (κ1) is 8.19. The molecule has 1 heterocycles. The van der Waals surface area contributed by atoms with E-state index in [9.17, 15) is 9.18 Å². The predicted molar refractivity (Wildman–Crippen MR) is 51.6 cm³/mol. The molecule has 0 amide bonds. The van der Waals surface area contributed by atoms with Gasteiger partial charge in [0.2, 0.25) is 0 Å². The van der Waals surface area contributed by atoms with Crippen molar-refractivity contribution >= 4 is 33.4 Å². The van der Waals surface area contributed by atoms with Crippen molar-refractivity contribution in [1.29, 1.82) is 0 Å². The lowest BCUT2D eigenvalue weighted by Gasteiger charge is -2.01. The fraction of sp³-hybridized carbons (Fsp3) is 0. The van der Waals surface area contributed by atoms with Crippen LogP contribution in [0.3, 0.4) is 0 Å². The van der Waals surface area contributed by atoms with Crippen molar-refractivity contribution in [3.63, 3.8) is 0 Å². The summed E-state index contributed by atoms with van der Waals surface area (Å²) in [6.07, 6.45) is 0.448. The van der Waals surface area contributed by atoms with Gasteiger partial charge in [-0.15, -0.1) is 11.3 Å². The molecule has 0 saturated heterocycles. The van der Waals surface area contributed by atoms with Gasteiger partial charge in [-0.3, -0.25) is 4.79 Å². The summed E-state index contributed by atoms with van der Waals surface area (Å²) in [4.78, 5) is 10.5. The molecule has 13 heavy (non-hydrogen) atoms. The molecule has 0 radical (unpaired) electrons. The number of carbonyl (C=O) groups excluding carboxylic acids is 1. The fourth-order valence-electron chi connectivity index (χ4n) is 1.24. The molecule has 1 aromatic heterocycles. The second kappa shape index (κ2) is 2.81. The molecule has 0 unspecified atom stereocenters. The summed E-state index contributed by atoms with van der Waals surface area (Å²) in [5.74, 6) is -0.557. The number of anilines is 1. The van der Waals surface area contributed by atoms with Crippen LogP contribution in [0.15, 0.2) is 17.5 Å². The zero-order valence-electron chi connectivity index (χ0n) is 6.58. The second-order valence-electron chi connectivity index (χ2n) is 2.64. The zero-order chi connectivity index (χ0) is 9.42. The van der Waals surface area contributed by atoms with Gasteiger partial charge in [-0.2, -0.15) is 0 Å². The molecule has 1 aromatic carbocycles. The molecular weight excluding hydrogens is 189 g/mol. The highest BCUT2D eigenvalue weighted by molar-refractivity contribution is 7.17. The van der Waals surface area contributed by atoms with E-state index in [1.54, 1.807) is 6.07 Å². The van der Waals surface area contributed by atoms with E-state index in [2.05, 4.69) is 0 Å². The normalized spacial score (nSPS) is 10.5. The maximum atomic E-state index is 13.2. The summed E-state index contributed by atoms with van der Waals surface area (Å²) in [6.45, 7) is 0. The molecule has 2 rings (SSSR count). The highest BCUT2D eigenvalue weighted by Crippen LogP contribution is 2.30. The Balaban J connectivity index is 2.92. The van der Waals surface area contributed by atoms with Gasteiger partial charge in [0.05, 0.1) is 16.0 Å². The van der Waals surface area contributed by atoms with Crippen LogP contribution in [0.4, 0.5) is 10.1 Å². The van der Waals surface area contributed by atoms with E-state index in [0.29, 0.717) is 6.29 Å². The van der Waals surface area contributed by atoms with Crippen LogP contribution < -0.4 is 5.73 Å². The molecule has 0 bridgehead atoms. The maximum absolute atomic E-state index is 13.2. The van der Waals surface area contributed by atoms with E-state index >= 15 is 0 Å². The molecule has 0 saturated carbocycles. The number of fused-ring (bicyclic) bond motifs is 1. The number of carbonyl (C=O) groups is 1. The summed E-state index contributed by atoms with van der Waals surface area (Å²) < 4.78 is 13.9. The van der Waals surface area contributed by atoms with E-state index < -0.39 is 5.82 Å². The third kappa shape index (κ3) is 1.10. The van der Waals surface area contributed by atoms with Crippen molar-refractivity contribution in [3.8, 4) is 0 Å². The smallest absolute Gasteiger partial charge is 0.155 e. The van der Waals surface area contributed by atoms with Crippen molar-refractivity contribution < 1.29 is 9.18 Å². The molecule has 0 atom stereocenters. The van der Waals surface area contributed by atoms with Crippen molar-refractivity contribution in [3.05, 3.63) is 28.9 Å². The van der Waals surface area contributed by atoms with E-state index in [1.165, 1.54) is 17.4 Å². The standard InChI is InChI=1S/C9H6FNOS/c10-7-3-5-1-2-13-9(5)8(11)6(7)4-12/h1-4H,11H2. The zero-order valence-corrected chi connectivity index (χ0v) is 7.40. The van der Waals surface area contributed by atoms with Crippen LogP contribution in [0.5, 0.6) is 0 Å². The molecule has 0 aliphatic rings. The number of hydrogen-bond donors (Lipinski definition) is 1. The van der Waals surface area contributed by atoms with Crippen LogP contribution in [0.1, 0.15) is 10.4 Å². The Morgan fingerprint density at radius 2 is 2.31 bits per heavy atom. The molecule has 2 aromatic rings. The summed E-state index contributed by atoms with van der Waals surface area (Å²) in [7, 11) is 0. The van der Waals surface area contributed by atoms with Gasteiger partial charge in [-0.05, 0) is 22.9 Å². The molecule has 0 aliphatic heterocycles. The first-order valence-corrected chi connectivity index (χ1v) is 4.52. The summed E-state index contributed by atoms with van der Waals surface area (Å²) in [5, 5.41) is 2.56. The Kier molecular flexibility index (Phi) is 1.77. The minimum Gasteiger partial charge on any atom is -0.397 e. The van der Waals surface area contributed by atoms with E-state index in [0.717, 1.165) is 10.1 Å². The molecule has 2 nitrogen and oxygen atoms in total. The van der Waals surface area contributed by atoms with Crippen molar-refractivity contribution in [1.82, 2.24) is 0 Å². The lowest BCUT2D eigenvalue weighted by atomic mass is 10.1. The van der Waals surface area contributed by atoms with Crippen LogP contribution in [-0.2, 0) is 0 Å². The number of halogens is 1. The minimum atomic E-state index is -0.557. The third-order valence-corrected chi connectivity index (χ3v) is 2.85. The number of nitrogens with two attached hydrogens (primary N) is 1. The maximum Gasteiger partial charge on any atom is 0.155 e. The average molecular weight is 195 g/mol. The molecule has 2 N–H and O–H groups in total. The van der Waals surface area contributed by atoms with Gasteiger partial charge in [0.25, 0.3) is 0 Å². The molecule has 0 aliphatic carbocycles. The van der Waals surface area contributed by atoms with Crippen LogP contribution in [0.25, 0.3) is 10.1 Å². The Morgan fingerprint density at radius 3 is 3.00 bits per heavy atom. The average Bonchev–Trinajstić information content (AvgIpc) is 2.53. The van der Waals surface area contributed by atoms with Crippen LogP contribution >= 0.6 is 11.3 Å². The van der Waals surface area contributed by atoms with Crippen LogP contribution in [-0.4, -0.2) is 6.29 Å². The highest BCUT2D eigenvalue weighted by atomic mass is 32.1. The number of hydrogen-bond acceptors (Lipinski definition) is 3. The lowest BCUT2D eigenvalue weighted by Crippen LogP contribution is -1.96. The number of thiophene rings is 1. The number of aldehydes is 1. The number of rotatable bonds is 1. The van der Waals surface area contributed by atoms with Gasteiger partial charge in [0, 0.05) is 0 Å². The largest absolute Gasteiger partial charge is 0.397 e. The monoisotopic (exact) mass is 195 g/mol. The first-order valence-electron chi connectivity index (χ1n) is 3.64. The third-order valence-electron chi connectivity index (χ3n) is 1.89. The second-order valence-corrected chi connectivity index (χ2v) is 3.56. The van der Waals surface area contributed by atoms with Crippen molar-refractivity contribution in [2.75, 3.05) is 5.73 Å². The topological polar surface area (TPSA) is 43.1 Å². The molecule has 66 valence electrons.